The average molecular weight is 332 g/mol. The highest BCUT2D eigenvalue weighted by Crippen LogP contribution is 2.28. The first-order valence-corrected chi connectivity index (χ1v) is 8.90. The van der Waals surface area contributed by atoms with E-state index in [1.807, 2.05) is 26.0 Å². The maximum atomic E-state index is 12.0. The molecule has 23 heavy (non-hydrogen) atoms. The largest absolute Gasteiger partial charge is 0.355 e. The molecule has 1 aromatic carbocycles. The summed E-state index contributed by atoms with van der Waals surface area (Å²) in [7, 11) is 0. The Kier molecular flexibility index (Phi) is 6.21. The summed E-state index contributed by atoms with van der Waals surface area (Å²) in [6, 6.07) is 8.14. The fraction of sp³-hybridized carbons (Fsp3) is 0.471. The molecule has 124 valence electrons. The zero-order valence-electron chi connectivity index (χ0n) is 14.2. The molecule has 6 heteroatoms. The van der Waals surface area contributed by atoms with E-state index in [0.29, 0.717) is 6.54 Å². The summed E-state index contributed by atoms with van der Waals surface area (Å²) in [5.41, 5.74) is 2.25. The van der Waals surface area contributed by atoms with Crippen LogP contribution >= 0.6 is 11.8 Å². The molecule has 1 amide bonds. The number of nitrogens with one attached hydrogen (secondary N) is 1. The monoisotopic (exact) mass is 332 g/mol. The minimum absolute atomic E-state index is 0.0416. The molecule has 0 aliphatic carbocycles. The first-order valence-electron chi connectivity index (χ1n) is 8.02. The van der Waals surface area contributed by atoms with Crippen LogP contribution in [0, 0.1) is 6.92 Å². The van der Waals surface area contributed by atoms with Gasteiger partial charge in [-0.25, -0.2) is 0 Å². The van der Waals surface area contributed by atoms with E-state index in [1.54, 1.807) is 0 Å². The molecule has 5 nitrogen and oxygen atoms in total. The van der Waals surface area contributed by atoms with E-state index in [0.717, 1.165) is 29.5 Å². The molecule has 0 fully saturated rings. The summed E-state index contributed by atoms with van der Waals surface area (Å²) in [6.07, 6.45) is 0.936. The zero-order chi connectivity index (χ0) is 16.8. The minimum Gasteiger partial charge on any atom is -0.355 e. The molecule has 1 N–H and O–H groups in total. The second-order valence-corrected chi connectivity index (χ2v) is 6.72. The van der Waals surface area contributed by atoms with Gasteiger partial charge in [-0.05, 0) is 32.8 Å². The Morgan fingerprint density at radius 1 is 1.30 bits per heavy atom. The fourth-order valence-electron chi connectivity index (χ4n) is 2.29. The molecule has 0 bridgehead atoms. The summed E-state index contributed by atoms with van der Waals surface area (Å²) < 4.78 is 2.07. The highest BCUT2D eigenvalue weighted by Gasteiger charge is 2.20. The van der Waals surface area contributed by atoms with Crippen molar-refractivity contribution >= 4 is 17.7 Å². The van der Waals surface area contributed by atoms with Crippen LogP contribution in [0.4, 0.5) is 0 Å². The van der Waals surface area contributed by atoms with Crippen LogP contribution < -0.4 is 5.32 Å². The Morgan fingerprint density at radius 3 is 2.70 bits per heavy atom. The normalized spacial score (nSPS) is 12.2. The first-order chi connectivity index (χ1) is 11.1. The quantitative estimate of drug-likeness (QED) is 0.791. The number of hydrogen-bond donors (Lipinski definition) is 1. The van der Waals surface area contributed by atoms with Crippen LogP contribution in [0.15, 0.2) is 29.4 Å². The summed E-state index contributed by atoms with van der Waals surface area (Å²) in [5, 5.41) is 12.2. The molecule has 0 saturated carbocycles. The van der Waals surface area contributed by atoms with Crippen LogP contribution in [0.1, 0.15) is 32.8 Å². The van der Waals surface area contributed by atoms with Gasteiger partial charge in [0.15, 0.2) is 11.0 Å². The van der Waals surface area contributed by atoms with Crippen molar-refractivity contribution in [2.45, 2.75) is 51.1 Å². The lowest BCUT2D eigenvalue weighted by Gasteiger charge is -2.12. The van der Waals surface area contributed by atoms with Crippen molar-refractivity contribution in [2.75, 3.05) is 6.54 Å². The molecule has 1 unspecified atom stereocenters. The van der Waals surface area contributed by atoms with Gasteiger partial charge in [0.2, 0.25) is 5.91 Å². The Morgan fingerprint density at radius 2 is 2.04 bits per heavy atom. The van der Waals surface area contributed by atoms with Gasteiger partial charge in [-0.2, -0.15) is 0 Å². The van der Waals surface area contributed by atoms with Crippen LogP contribution in [0.5, 0.6) is 0 Å². The summed E-state index contributed by atoms with van der Waals surface area (Å²) >= 11 is 1.45. The van der Waals surface area contributed by atoms with E-state index >= 15 is 0 Å². The van der Waals surface area contributed by atoms with Gasteiger partial charge in [0.05, 0.1) is 5.25 Å². The molecule has 0 saturated heterocycles. The number of hydrogen-bond acceptors (Lipinski definition) is 4. The zero-order valence-corrected chi connectivity index (χ0v) is 15.0. The number of carbonyl (C=O) groups excluding carboxylic acids is 1. The molecule has 1 aromatic heterocycles. The van der Waals surface area contributed by atoms with Crippen molar-refractivity contribution in [1.82, 2.24) is 20.1 Å². The Hall–Kier alpha value is -1.82. The Bertz CT molecular complexity index is 668. The molecule has 0 spiro atoms. The number of rotatable bonds is 7. The molecule has 2 rings (SSSR count). The van der Waals surface area contributed by atoms with E-state index in [-0.39, 0.29) is 11.2 Å². The SMILES string of the molecule is CCCNC(=O)C(C)Sc1nnc(-c2ccccc2C)n1CC. The van der Waals surface area contributed by atoms with Crippen LogP contribution in [0.2, 0.25) is 0 Å². The topological polar surface area (TPSA) is 59.8 Å². The van der Waals surface area contributed by atoms with Crippen molar-refractivity contribution in [3.8, 4) is 11.4 Å². The Balaban J connectivity index is 2.22. The first kappa shape index (κ1) is 17.5. The lowest BCUT2D eigenvalue weighted by Crippen LogP contribution is -2.31. The van der Waals surface area contributed by atoms with Gasteiger partial charge in [-0.3, -0.25) is 4.79 Å². The van der Waals surface area contributed by atoms with Crippen molar-refractivity contribution in [1.29, 1.82) is 0 Å². The van der Waals surface area contributed by atoms with E-state index in [2.05, 4.69) is 46.1 Å². The molecule has 1 atom stereocenters. The fourth-order valence-corrected chi connectivity index (χ4v) is 3.22. The molecule has 0 aliphatic rings. The third kappa shape index (κ3) is 4.13. The number of nitrogens with zero attached hydrogens (tertiary/aromatic N) is 3. The van der Waals surface area contributed by atoms with Gasteiger partial charge in [-0.1, -0.05) is 43.0 Å². The maximum absolute atomic E-state index is 12.0. The third-order valence-electron chi connectivity index (χ3n) is 3.62. The average Bonchev–Trinajstić information content (AvgIpc) is 2.95. The number of benzene rings is 1. The van der Waals surface area contributed by atoms with Crippen LogP contribution in [-0.2, 0) is 11.3 Å². The molecule has 2 aromatic rings. The number of aryl methyl sites for hydroxylation is 1. The number of carbonyl (C=O) groups is 1. The lowest BCUT2D eigenvalue weighted by molar-refractivity contribution is -0.120. The third-order valence-corrected chi connectivity index (χ3v) is 4.70. The highest BCUT2D eigenvalue weighted by molar-refractivity contribution is 8.00. The smallest absolute Gasteiger partial charge is 0.233 e. The summed E-state index contributed by atoms with van der Waals surface area (Å²) in [6.45, 7) is 9.55. The van der Waals surface area contributed by atoms with E-state index < -0.39 is 0 Å². The summed E-state index contributed by atoms with van der Waals surface area (Å²) in [4.78, 5) is 12.0. The van der Waals surface area contributed by atoms with Gasteiger partial charge < -0.3 is 9.88 Å². The predicted octanol–water partition coefficient (Wildman–Crippen LogP) is 3.28. The van der Waals surface area contributed by atoms with Gasteiger partial charge in [0.1, 0.15) is 0 Å². The highest BCUT2D eigenvalue weighted by atomic mass is 32.2. The lowest BCUT2D eigenvalue weighted by atomic mass is 10.1. The van der Waals surface area contributed by atoms with Crippen molar-refractivity contribution in [3.05, 3.63) is 29.8 Å². The van der Waals surface area contributed by atoms with Crippen LogP contribution in [0.25, 0.3) is 11.4 Å². The number of thioether (sulfide) groups is 1. The van der Waals surface area contributed by atoms with Crippen molar-refractivity contribution < 1.29 is 4.79 Å². The van der Waals surface area contributed by atoms with E-state index in [4.69, 9.17) is 0 Å². The van der Waals surface area contributed by atoms with Gasteiger partial charge >= 0.3 is 0 Å². The minimum atomic E-state index is -0.194. The Labute approximate surface area is 141 Å². The second-order valence-electron chi connectivity index (χ2n) is 5.42. The van der Waals surface area contributed by atoms with Crippen molar-refractivity contribution in [3.63, 3.8) is 0 Å². The van der Waals surface area contributed by atoms with Crippen LogP contribution in [0.3, 0.4) is 0 Å². The van der Waals surface area contributed by atoms with Crippen LogP contribution in [-0.4, -0.2) is 32.5 Å². The van der Waals surface area contributed by atoms with Gasteiger partial charge in [0, 0.05) is 18.7 Å². The summed E-state index contributed by atoms with van der Waals surface area (Å²) in [5.74, 6) is 0.897. The van der Waals surface area contributed by atoms with E-state index in [1.165, 1.54) is 17.3 Å². The molecular weight excluding hydrogens is 308 g/mol. The number of amides is 1. The molecule has 1 heterocycles. The van der Waals surface area contributed by atoms with Gasteiger partial charge in [0.25, 0.3) is 0 Å². The molecule has 0 aliphatic heterocycles. The predicted molar refractivity (Wildman–Crippen MR) is 94.5 cm³/mol. The molecular formula is C17H24N4OS. The second kappa shape index (κ2) is 8.15. The number of aromatic nitrogens is 3. The van der Waals surface area contributed by atoms with Crippen molar-refractivity contribution in [2.24, 2.45) is 0 Å². The standard InChI is InChI=1S/C17H24N4OS/c1-5-11-18-16(22)13(4)23-17-20-19-15(21(17)6-2)14-10-8-7-9-12(14)3/h7-10,13H,5-6,11H2,1-4H3,(H,18,22). The van der Waals surface area contributed by atoms with E-state index in [9.17, 15) is 4.79 Å². The molecule has 0 radical (unpaired) electrons. The maximum Gasteiger partial charge on any atom is 0.233 e. The van der Waals surface area contributed by atoms with Gasteiger partial charge in [-0.15, -0.1) is 10.2 Å².